The normalized spacial score (nSPS) is 18.2. The van der Waals surface area contributed by atoms with Crippen LogP contribution in [0.5, 0.6) is 0 Å². The van der Waals surface area contributed by atoms with Crippen LogP contribution in [-0.4, -0.2) is 51.8 Å². The molecule has 0 saturated carbocycles. The SMILES string of the molecule is Cc1c(Cc2c(COC(C)O)nc3ccc(N4CCOC(C)C4)nn23)cccc1C(F)(F)F. The Morgan fingerprint density at radius 1 is 1.27 bits per heavy atom. The first-order valence-corrected chi connectivity index (χ1v) is 10.8. The van der Waals surface area contributed by atoms with Gasteiger partial charge >= 0.3 is 6.18 Å². The molecule has 1 N–H and O–H groups in total. The second-order valence-electron chi connectivity index (χ2n) is 8.27. The summed E-state index contributed by atoms with van der Waals surface area (Å²) in [4.78, 5) is 6.69. The number of aromatic nitrogens is 3. The van der Waals surface area contributed by atoms with Crippen LogP contribution in [0.15, 0.2) is 30.3 Å². The van der Waals surface area contributed by atoms with Crippen LogP contribution in [-0.2, 0) is 28.7 Å². The van der Waals surface area contributed by atoms with Gasteiger partial charge < -0.3 is 19.5 Å². The van der Waals surface area contributed by atoms with Gasteiger partial charge in [-0.1, -0.05) is 12.1 Å². The minimum Gasteiger partial charge on any atom is -0.375 e. The highest BCUT2D eigenvalue weighted by molar-refractivity contribution is 5.50. The number of anilines is 1. The molecule has 3 heterocycles. The fourth-order valence-corrected chi connectivity index (χ4v) is 4.06. The number of nitrogens with zero attached hydrogens (tertiary/aromatic N) is 4. The molecule has 2 aromatic heterocycles. The summed E-state index contributed by atoms with van der Waals surface area (Å²) in [7, 11) is 0. The van der Waals surface area contributed by atoms with Gasteiger partial charge in [0.05, 0.1) is 36.3 Å². The molecule has 1 aromatic carbocycles. The number of aliphatic hydroxyl groups excluding tert-OH is 1. The van der Waals surface area contributed by atoms with Crippen LogP contribution in [0, 0.1) is 6.92 Å². The van der Waals surface area contributed by atoms with E-state index in [1.807, 2.05) is 19.1 Å². The second-order valence-corrected chi connectivity index (χ2v) is 8.27. The average Bonchev–Trinajstić information content (AvgIpc) is 3.09. The predicted octanol–water partition coefficient (Wildman–Crippen LogP) is 3.73. The van der Waals surface area contributed by atoms with E-state index >= 15 is 0 Å². The molecule has 1 saturated heterocycles. The predicted molar refractivity (Wildman–Crippen MR) is 116 cm³/mol. The first-order valence-electron chi connectivity index (χ1n) is 10.8. The molecule has 33 heavy (non-hydrogen) atoms. The summed E-state index contributed by atoms with van der Waals surface area (Å²) in [5.74, 6) is 0.736. The summed E-state index contributed by atoms with van der Waals surface area (Å²) in [6.07, 6.45) is -5.18. The molecule has 0 spiro atoms. The highest BCUT2D eigenvalue weighted by Gasteiger charge is 2.33. The molecule has 2 unspecified atom stereocenters. The van der Waals surface area contributed by atoms with Gasteiger partial charge in [-0.3, -0.25) is 0 Å². The van der Waals surface area contributed by atoms with E-state index in [-0.39, 0.29) is 24.7 Å². The highest BCUT2D eigenvalue weighted by Crippen LogP contribution is 2.34. The lowest BCUT2D eigenvalue weighted by Crippen LogP contribution is -2.41. The minimum atomic E-state index is -4.43. The minimum absolute atomic E-state index is 0.0122. The first kappa shape index (κ1) is 23.5. The molecular weight excluding hydrogens is 437 g/mol. The van der Waals surface area contributed by atoms with Crippen molar-refractivity contribution >= 4 is 11.5 Å². The van der Waals surface area contributed by atoms with E-state index in [1.165, 1.54) is 19.9 Å². The van der Waals surface area contributed by atoms with Gasteiger partial charge in [-0.2, -0.15) is 13.2 Å². The number of rotatable bonds is 6. The molecule has 0 amide bonds. The Kier molecular flexibility index (Phi) is 6.60. The van der Waals surface area contributed by atoms with Crippen molar-refractivity contribution in [3.05, 3.63) is 58.4 Å². The molecule has 178 valence electrons. The maximum absolute atomic E-state index is 13.4. The quantitative estimate of drug-likeness (QED) is 0.561. The summed E-state index contributed by atoms with van der Waals surface area (Å²) in [5, 5.41) is 14.3. The Balaban J connectivity index is 1.77. The molecule has 0 radical (unpaired) electrons. The van der Waals surface area contributed by atoms with Crippen LogP contribution in [0.25, 0.3) is 5.65 Å². The largest absolute Gasteiger partial charge is 0.416 e. The van der Waals surface area contributed by atoms with Crippen LogP contribution in [0.4, 0.5) is 19.0 Å². The van der Waals surface area contributed by atoms with Gasteiger partial charge in [0.1, 0.15) is 5.82 Å². The van der Waals surface area contributed by atoms with Crippen molar-refractivity contribution in [3.8, 4) is 0 Å². The van der Waals surface area contributed by atoms with E-state index in [2.05, 4.69) is 9.88 Å². The van der Waals surface area contributed by atoms with E-state index in [4.69, 9.17) is 14.6 Å². The number of aliphatic hydroxyl groups is 1. The Bertz CT molecular complexity index is 1130. The summed E-state index contributed by atoms with van der Waals surface area (Å²) < 4.78 is 53.0. The number of alkyl halides is 3. The number of fused-ring (bicyclic) bond motifs is 1. The number of hydrogen-bond acceptors (Lipinski definition) is 6. The zero-order chi connectivity index (χ0) is 23.8. The average molecular weight is 464 g/mol. The molecule has 7 nitrogen and oxygen atoms in total. The lowest BCUT2D eigenvalue weighted by Gasteiger charge is -2.31. The van der Waals surface area contributed by atoms with Crippen molar-refractivity contribution in [3.63, 3.8) is 0 Å². The van der Waals surface area contributed by atoms with E-state index in [0.29, 0.717) is 42.3 Å². The topological polar surface area (TPSA) is 72.1 Å². The van der Waals surface area contributed by atoms with E-state index in [0.717, 1.165) is 11.9 Å². The molecule has 0 bridgehead atoms. The lowest BCUT2D eigenvalue weighted by atomic mass is 9.98. The Morgan fingerprint density at radius 3 is 2.76 bits per heavy atom. The van der Waals surface area contributed by atoms with Gasteiger partial charge in [0.2, 0.25) is 0 Å². The maximum Gasteiger partial charge on any atom is 0.416 e. The summed E-state index contributed by atoms with van der Waals surface area (Å²) >= 11 is 0. The number of hydrogen-bond donors (Lipinski definition) is 1. The van der Waals surface area contributed by atoms with E-state index < -0.39 is 18.0 Å². The Morgan fingerprint density at radius 2 is 2.06 bits per heavy atom. The first-order chi connectivity index (χ1) is 15.6. The number of ether oxygens (including phenoxy) is 2. The third-order valence-electron chi connectivity index (χ3n) is 5.77. The van der Waals surface area contributed by atoms with Crippen molar-refractivity contribution in [2.24, 2.45) is 0 Å². The Hall–Kier alpha value is -2.69. The lowest BCUT2D eigenvalue weighted by molar-refractivity contribution is -0.138. The highest BCUT2D eigenvalue weighted by atomic mass is 19.4. The van der Waals surface area contributed by atoms with Crippen molar-refractivity contribution in [2.45, 2.75) is 52.4 Å². The standard InChI is InChI=1S/C23H27F3N4O3/c1-14-12-29(9-10-32-14)22-8-7-21-27-19(13-33-16(3)31)20(30(21)28-22)11-17-5-4-6-18(15(17)2)23(24,25)26/h4-8,14,16,31H,9-13H2,1-3H3. The molecule has 4 rings (SSSR count). The second kappa shape index (κ2) is 9.28. The molecule has 0 aliphatic carbocycles. The van der Waals surface area contributed by atoms with Gasteiger partial charge in [0.25, 0.3) is 0 Å². The molecule has 2 atom stereocenters. The van der Waals surface area contributed by atoms with Gasteiger partial charge in [-0.15, -0.1) is 5.10 Å². The third kappa shape index (κ3) is 5.13. The summed E-state index contributed by atoms with van der Waals surface area (Å²) in [5.41, 5.74) is 1.73. The van der Waals surface area contributed by atoms with E-state index in [1.54, 1.807) is 10.6 Å². The van der Waals surface area contributed by atoms with Crippen LogP contribution in [0.3, 0.4) is 0 Å². The van der Waals surface area contributed by atoms with Crippen LogP contribution >= 0.6 is 0 Å². The van der Waals surface area contributed by atoms with Crippen molar-refractivity contribution in [1.29, 1.82) is 0 Å². The van der Waals surface area contributed by atoms with Crippen LogP contribution in [0.2, 0.25) is 0 Å². The zero-order valence-corrected chi connectivity index (χ0v) is 18.8. The van der Waals surface area contributed by atoms with Crippen molar-refractivity contribution in [2.75, 3.05) is 24.6 Å². The summed E-state index contributed by atoms with van der Waals surface area (Å²) in [6, 6.07) is 7.88. The number of halogens is 3. The molecule has 1 aliphatic heterocycles. The van der Waals surface area contributed by atoms with Gasteiger partial charge in [0.15, 0.2) is 11.9 Å². The molecular formula is C23H27F3N4O3. The number of imidazole rings is 1. The fraction of sp³-hybridized carbons (Fsp3) is 0.478. The third-order valence-corrected chi connectivity index (χ3v) is 5.77. The zero-order valence-electron chi connectivity index (χ0n) is 18.8. The van der Waals surface area contributed by atoms with Crippen LogP contribution < -0.4 is 4.90 Å². The fourth-order valence-electron chi connectivity index (χ4n) is 4.06. The van der Waals surface area contributed by atoms with Crippen LogP contribution in [0.1, 0.15) is 41.9 Å². The number of morpholine rings is 1. The van der Waals surface area contributed by atoms with E-state index in [9.17, 15) is 18.3 Å². The molecule has 1 aliphatic rings. The maximum atomic E-state index is 13.4. The number of benzene rings is 1. The van der Waals surface area contributed by atoms with Gasteiger partial charge in [0, 0.05) is 19.5 Å². The summed E-state index contributed by atoms with van der Waals surface area (Å²) in [6.45, 7) is 6.94. The Labute approximate surface area is 189 Å². The van der Waals surface area contributed by atoms with Crippen molar-refractivity contribution in [1.82, 2.24) is 14.6 Å². The molecule has 3 aromatic rings. The molecule has 1 fully saturated rings. The van der Waals surface area contributed by atoms with Gasteiger partial charge in [-0.05, 0) is 50.1 Å². The van der Waals surface area contributed by atoms with Gasteiger partial charge in [-0.25, -0.2) is 9.50 Å². The van der Waals surface area contributed by atoms with Crippen molar-refractivity contribution < 1.29 is 27.8 Å². The smallest absolute Gasteiger partial charge is 0.375 e. The molecule has 10 heteroatoms. The monoisotopic (exact) mass is 464 g/mol.